The SMILES string of the molecule is CCC(O)CN1CCN(CC(O)CC)CCN(C(=O)OC)CCN(CC(O)CCCCOC)CC1. The van der Waals surface area contributed by atoms with Crippen LogP contribution in [0.1, 0.15) is 46.0 Å². The first-order chi connectivity index (χ1) is 16.8. The second-order valence-electron chi connectivity index (χ2n) is 9.63. The van der Waals surface area contributed by atoms with Crippen LogP contribution in [0.5, 0.6) is 0 Å². The van der Waals surface area contributed by atoms with Gasteiger partial charge in [-0.1, -0.05) is 13.8 Å². The van der Waals surface area contributed by atoms with Crippen LogP contribution < -0.4 is 0 Å². The summed E-state index contributed by atoms with van der Waals surface area (Å²) in [4.78, 5) is 20.8. The third-order valence-electron chi connectivity index (χ3n) is 6.76. The Morgan fingerprint density at radius 2 is 1.14 bits per heavy atom. The van der Waals surface area contributed by atoms with Crippen molar-refractivity contribution in [2.45, 2.75) is 64.3 Å². The molecule has 10 heteroatoms. The van der Waals surface area contributed by atoms with Crippen molar-refractivity contribution in [3.8, 4) is 0 Å². The molecule has 0 saturated carbocycles. The second-order valence-corrected chi connectivity index (χ2v) is 9.63. The molecule has 1 aliphatic rings. The largest absolute Gasteiger partial charge is 0.453 e. The molecule has 1 saturated heterocycles. The number of β-amino-alcohol motifs (C(OH)–C–C–N with tert-alkyl or cyclic N) is 3. The van der Waals surface area contributed by atoms with Crippen LogP contribution in [0, 0.1) is 0 Å². The van der Waals surface area contributed by atoms with Gasteiger partial charge in [0.05, 0.1) is 25.4 Å². The highest BCUT2D eigenvalue weighted by atomic mass is 16.5. The van der Waals surface area contributed by atoms with Gasteiger partial charge in [-0.2, -0.15) is 0 Å². The fraction of sp³-hybridized carbons (Fsp3) is 0.960. The Labute approximate surface area is 212 Å². The molecule has 3 N–H and O–H groups in total. The summed E-state index contributed by atoms with van der Waals surface area (Å²) in [5.41, 5.74) is 0. The molecule has 0 radical (unpaired) electrons. The number of unbranched alkanes of at least 4 members (excludes halogenated alkanes) is 1. The number of aliphatic hydroxyl groups excluding tert-OH is 3. The second kappa shape index (κ2) is 19.1. The first-order valence-corrected chi connectivity index (χ1v) is 13.4. The van der Waals surface area contributed by atoms with Gasteiger partial charge in [0, 0.05) is 85.7 Å². The van der Waals surface area contributed by atoms with Crippen molar-refractivity contribution in [2.24, 2.45) is 0 Å². The summed E-state index contributed by atoms with van der Waals surface area (Å²) in [6, 6.07) is 0. The van der Waals surface area contributed by atoms with Crippen molar-refractivity contribution in [1.29, 1.82) is 0 Å². The number of rotatable bonds is 13. The van der Waals surface area contributed by atoms with Crippen LogP contribution in [-0.4, -0.2) is 152 Å². The number of hydrogen-bond donors (Lipinski definition) is 3. The van der Waals surface area contributed by atoms with Gasteiger partial charge >= 0.3 is 6.09 Å². The molecular formula is C25H52N4O6. The summed E-state index contributed by atoms with van der Waals surface area (Å²) in [5.74, 6) is 0. The van der Waals surface area contributed by atoms with E-state index < -0.39 is 12.2 Å². The van der Waals surface area contributed by atoms with Gasteiger partial charge in [0.2, 0.25) is 0 Å². The van der Waals surface area contributed by atoms with E-state index in [1.807, 2.05) is 13.8 Å². The molecular weight excluding hydrogens is 452 g/mol. The highest BCUT2D eigenvalue weighted by Gasteiger charge is 2.22. The molecule has 0 aliphatic carbocycles. The average molecular weight is 505 g/mol. The fourth-order valence-corrected chi connectivity index (χ4v) is 4.27. The zero-order chi connectivity index (χ0) is 26.1. The standard InChI is InChI=1S/C25H52N4O6/c1-5-22(30)19-26-10-12-27(20-23(31)6-2)14-16-29(25(33)35-4)17-15-28(13-11-26)21-24(32)9-7-8-18-34-3/h22-24,30-32H,5-21H2,1-4H3. The number of carbonyl (C=O) groups is 1. The van der Waals surface area contributed by atoms with E-state index in [1.54, 1.807) is 12.0 Å². The Morgan fingerprint density at radius 3 is 1.54 bits per heavy atom. The molecule has 1 aliphatic heterocycles. The third-order valence-corrected chi connectivity index (χ3v) is 6.76. The first kappa shape index (κ1) is 32.0. The number of hydrogen-bond acceptors (Lipinski definition) is 9. The summed E-state index contributed by atoms with van der Waals surface area (Å²) in [6.07, 6.45) is 2.34. The van der Waals surface area contributed by atoms with Crippen molar-refractivity contribution >= 4 is 6.09 Å². The minimum atomic E-state index is -0.438. The van der Waals surface area contributed by atoms with Crippen molar-refractivity contribution in [3.05, 3.63) is 0 Å². The van der Waals surface area contributed by atoms with E-state index in [0.717, 1.165) is 39.0 Å². The molecule has 3 atom stereocenters. The van der Waals surface area contributed by atoms with E-state index in [4.69, 9.17) is 9.47 Å². The zero-order valence-electron chi connectivity index (χ0n) is 22.6. The average Bonchev–Trinajstić information content (AvgIpc) is 2.85. The van der Waals surface area contributed by atoms with E-state index in [-0.39, 0.29) is 12.2 Å². The van der Waals surface area contributed by atoms with Crippen molar-refractivity contribution in [1.82, 2.24) is 19.6 Å². The molecule has 0 aromatic rings. The summed E-state index contributed by atoms with van der Waals surface area (Å²) in [5, 5.41) is 31.2. The molecule has 1 fully saturated rings. The number of amides is 1. The van der Waals surface area contributed by atoms with Gasteiger partial charge in [-0.05, 0) is 32.1 Å². The van der Waals surface area contributed by atoms with Gasteiger partial charge in [-0.15, -0.1) is 0 Å². The minimum absolute atomic E-state index is 0.356. The molecule has 35 heavy (non-hydrogen) atoms. The molecule has 208 valence electrons. The lowest BCUT2D eigenvalue weighted by atomic mass is 10.1. The quantitative estimate of drug-likeness (QED) is 0.312. The minimum Gasteiger partial charge on any atom is -0.453 e. The van der Waals surface area contributed by atoms with Crippen molar-refractivity contribution < 1.29 is 29.6 Å². The van der Waals surface area contributed by atoms with Gasteiger partial charge in [0.1, 0.15) is 0 Å². The highest BCUT2D eigenvalue weighted by molar-refractivity contribution is 5.67. The number of nitrogens with zero attached hydrogens (tertiary/aromatic N) is 4. The molecule has 0 aromatic heterocycles. The van der Waals surface area contributed by atoms with Crippen molar-refractivity contribution in [2.75, 3.05) is 92.8 Å². The summed E-state index contributed by atoms with van der Waals surface area (Å²) < 4.78 is 10.1. The van der Waals surface area contributed by atoms with E-state index >= 15 is 0 Å². The lowest BCUT2D eigenvalue weighted by molar-refractivity contribution is 0.0527. The monoisotopic (exact) mass is 504 g/mol. The Bertz CT molecular complexity index is 544. The molecule has 3 unspecified atom stereocenters. The maximum Gasteiger partial charge on any atom is 0.409 e. The third kappa shape index (κ3) is 14.3. The van der Waals surface area contributed by atoms with Crippen LogP contribution in [0.2, 0.25) is 0 Å². The lowest BCUT2D eigenvalue weighted by Gasteiger charge is -2.35. The van der Waals surface area contributed by atoms with Crippen LogP contribution >= 0.6 is 0 Å². The van der Waals surface area contributed by atoms with Crippen LogP contribution in [-0.2, 0) is 9.47 Å². The zero-order valence-corrected chi connectivity index (χ0v) is 22.6. The summed E-state index contributed by atoms with van der Waals surface area (Å²) >= 11 is 0. The topological polar surface area (TPSA) is 109 Å². The van der Waals surface area contributed by atoms with Crippen LogP contribution in [0.15, 0.2) is 0 Å². The number of ether oxygens (including phenoxy) is 2. The maximum atomic E-state index is 12.4. The lowest BCUT2D eigenvalue weighted by Crippen LogP contribution is -2.50. The van der Waals surface area contributed by atoms with Gasteiger partial charge < -0.3 is 29.7 Å². The van der Waals surface area contributed by atoms with Crippen LogP contribution in [0.25, 0.3) is 0 Å². The van der Waals surface area contributed by atoms with Crippen molar-refractivity contribution in [3.63, 3.8) is 0 Å². The molecule has 10 nitrogen and oxygen atoms in total. The predicted molar refractivity (Wildman–Crippen MR) is 138 cm³/mol. The summed E-state index contributed by atoms with van der Waals surface area (Å²) in [7, 11) is 3.09. The smallest absolute Gasteiger partial charge is 0.409 e. The Kier molecular flexibility index (Phi) is 17.5. The number of carbonyl (C=O) groups excluding carboxylic acids is 1. The molecule has 0 spiro atoms. The van der Waals surface area contributed by atoms with Crippen LogP contribution in [0.4, 0.5) is 4.79 Å². The molecule has 0 bridgehead atoms. The van der Waals surface area contributed by atoms with E-state index in [1.165, 1.54) is 7.11 Å². The first-order valence-electron chi connectivity index (χ1n) is 13.4. The van der Waals surface area contributed by atoms with Gasteiger partial charge in [0.25, 0.3) is 0 Å². The highest BCUT2D eigenvalue weighted by Crippen LogP contribution is 2.08. The molecule has 1 heterocycles. The molecule has 0 aromatic carbocycles. The fourth-order valence-electron chi connectivity index (χ4n) is 4.27. The molecule has 1 amide bonds. The normalized spacial score (nSPS) is 20.6. The maximum absolute atomic E-state index is 12.4. The predicted octanol–water partition coefficient (Wildman–Crippen LogP) is 0.694. The van der Waals surface area contributed by atoms with Gasteiger partial charge in [0.15, 0.2) is 0 Å². The van der Waals surface area contributed by atoms with E-state index in [9.17, 15) is 20.1 Å². The Balaban J connectivity index is 2.91. The number of aliphatic hydroxyl groups is 3. The summed E-state index contributed by atoms with van der Waals surface area (Å²) in [6.45, 7) is 11.6. The van der Waals surface area contributed by atoms with E-state index in [0.29, 0.717) is 71.7 Å². The van der Waals surface area contributed by atoms with Gasteiger partial charge in [-0.25, -0.2) is 4.79 Å². The number of methoxy groups -OCH3 is 2. The Hall–Kier alpha value is -1.01. The van der Waals surface area contributed by atoms with Crippen LogP contribution in [0.3, 0.4) is 0 Å². The Morgan fingerprint density at radius 1 is 0.714 bits per heavy atom. The van der Waals surface area contributed by atoms with Gasteiger partial charge in [-0.3, -0.25) is 14.7 Å². The molecule has 1 rings (SSSR count). The van der Waals surface area contributed by atoms with E-state index in [2.05, 4.69) is 14.7 Å².